The van der Waals surface area contributed by atoms with Crippen LogP contribution in [0.15, 0.2) is 0 Å². The van der Waals surface area contributed by atoms with Crippen LogP contribution in [0.1, 0.15) is 59.8 Å². The molecule has 0 bridgehead atoms. The maximum absolute atomic E-state index is 12.7. The van der Waals surface area contributed by atoms with Crippen LogP contribution in [0.3, 0.4) is 0 Å². The maximum atomic E-state index is 12.7. The molecule has 1 saturated heterocycles. The second-order valence-electron chi connectivity index (χ2n) is 7.93. The summed E-state index contributed by atoms with van der Waals surface area (Å²) in [5, 5.41) is 0. The molecule has 102 valence electrons. The molecule has 0 unspecified atom stereocenters. The lowest BCUT2D eigenvalue weighted by Gasteiger charge is -2.59. The number of ether oxygens (including phenoxy) is 1. The van der Waals surface area contributed by atoms with E-state index in [-0.39, 0.29) is 22.3 Å². The Morgan fingerprint density at radius 2 is 1.89 bits per heavy atom. The molecule has 18 heavy (non-hydrogen) atoms. The van der Waals surface area contributed by atoms with E-state index in [2.05, 4.69) is 27.7 Å². The molecule has 2 aliphatic carbocycles. The van der Waals surface area contributed by atoms with Gasteiger partial charge >= 0.3 is 0 Å². The monoisotopic (exact) mass is 250 g/mol. The molecule has 2 saturated carbocycles. The number of hydrogen-bond acceptors (Lipinski definition) is 2. The van der Waals surface area contributed by atoms with Crippen LogP contribution in [0.4, 0.5) is 0 Å². The van der Waals surface area contributed by atoms with E-state index in [1.807, 2.05) is 0 Å². The summed E-state index contributed by atoms with van der Waals surface area (Å²) in [5.41, 5.74) is 0.173. The van der Waals surface area contributed by atoms with Gasteiger partial charge in [0.15, 0.2) is 0 Å². The van der Waals surface area contributed by atoms with E-state index in [1.54, 1.807) is 0 Å². The quantitative estimate of drug-likeness (QED) is 0.657. The molecule has 0 spiro atoms. The Morgan fingerprint density at radius 1 is 1.17 bits per heavy atom. The topological polar surface area (TPSA) is 26.3 Å². The minimum Gasteiger partial charge on any atom is -0.375 e. The number of carbonyl (C=O) groups is 1. The minimum absolute atomic E-state index is 0.169. The van der Waals surface area contributed by atoms with Crippen molar-refractivity contribution in [3.05, 3.63) is 0 Å². The van der Waals surface area contributed by atoms with Gasteiger partial charge < -0.3 is 4.74 Å². The van der Waals surface area contributed by atoms with Gasteiger partial charge in [-0.05, 0) is 42.9 Å². The molecule has 0 radical (unpaired) electrons. The summed E-state index contributed by atoms with van der Waals surface area (Å²) in [5.74, 6) is 1.29. The lowest BCUT2D eigenvalue weighted by atomic mass is 9.45. The second-order valence-corrected chi connectivity index (χ2v) is 7.93. The molecule has 3 rings (SSSR count). The van der Waals surface area contributed by atoms with Gasteiger partial charge in [0.05, 0.1) is 5.60 Å². The molecule has 0 amide bonds. The molecule has 0 aromatic carbocycles. The van der Waals surface area contributed by atoms with Crippen LogP contribution >= 0.6 is 0 Å². The first-order chi connectivity index (χ1) is 8.30. The highest BCUT2D eigenvalue weighted by Gasteiger charge is 2.63. The van der Waals surface area contributed by atoms with Crippen LogP contribution in [-0.4, -0.2) is 18.0 Å². The number of carbonyl (C=O) groups excluding carboxylic acids is 1. The van der Waals surface area contributed by atoms with Crippen molar-refractivity contribution in [3.63, 3.8) is 0 Å². The van der Waals surface area contributed by atoms with Gasteiger partial charge in [0, 0.05) is 18.9 Å². The Hall–Kier alpha value is -0.370. The SMILES string of the molecule is CC1(C)CCC[C@@]2(C)[C@@H]1C(=O)C[C@@]1(C)OCC[C@H]21. The maximum Gasteiger partial charge on any atom is 0.139 e. The van der Waals surface area contributed by atoms with E-state index < -0.39 is 0 Å². The van der Waals surface area contributed by atoms with Gasteiger partial charge in [-0.1, -0.05) is 27.2 Å². The Kier molecular flexibility index (Phi) is 2.53. The Morgan fingerprint density at radius 3 is 2.61 bits per heavy atom. The standard InChI is InChI=1S/C16H26O2/c1-14(2)7-5-8-15(3)12-6-9-18-16(12,4)10-11(17)13(14)15/h12-13H,5-10H2,1-4H3/t12-,13-,15-,16-/m1/s1. The van der Waals surface area contributed by atoms with Crippen molar-refractivity contribution >= 4 is 5.78 Å². The van der Waals surface area contributed by atoms with Crippen molar-refractivity contribution in [2.24, 2.45) is 22.7 Å². The number of rotatable bonds is 0. The van der Waals surface area contributed by atoms with Crippen LogP contribution in [0.2, 0.25) is 0 Å². The molecule has 1 aliphatic heterocycles. The summed E-state index contributed by atoms with van der Waals surface area (Å²) < 4.78 is 5.98. The third kappa shape index (κ3) is 1.47. The zero-order valence-electron chi connectivity index (χ0n) is 12.2. The summed E-state index contributed by atoms with van der Waals surface area (Å²) >= 11 is 0. The first-order valence-corrected chi connectivity index (χ1v) is 7.46. The number of fused-ring (bicyclic) bond motifs is 3. The lowest BCUT2D eigenvalue weighted by Crippen LogP contribution is -2.60. The van der Waals surface area contributed by atoms with Crippen molar-refractivity contribution in [3.8, 4) is 0 Å². The van der Waals surface area contributed by atoms with Crippen LogP contribution in [0, 0.1) is 22.7 Å². The van der Waals surface area contributed by atoms with Gasteiger partial charge in [-0.15, -0.1) is 0 Å². The minimum atomic E-state index is -0.171. The summed E-state index contributed by atoms with van der Waals surface area (Å²) in [6.07, 6.45) is 5.45. The third-order valence-electron chi connectivity index (χ3n) is 6.20. The molecule has 2 nitrogen and oxygen atoms in total. The average Bonchev–Trinajstić information content (AvgIpc) is 2.58. The summed E-state index contributed by atoms with van der Waals surface area (Å²) in [4.78, 5) is 12.7. The molecule has 0 aromatic heterocycles. The van der Waals surface area contributed by atoms with Crippen molar-refractivity contribution in [1.82, 2.24) is 0 Å². The van der Waals surface area contributed by atoms with Crippen molar-refractivity contribution < 1.29 is 9.53 Å². The summed E-state index contributed by atoms with van der Waals surface area (Å²) in [6.45, 7) is 9.98. The zero-order valence-corrected chi connectivity index (χ0v) is 12.2. The first kappa shape index (κ1) is 12.7. The Balaban J connectivity index is 2.06. The fraction of sp³-hybridized carbons (Fsp3) is 0.938. The van der Waals surface area contributed by atoms with E-state index >= 15 is 0 Å². The smallest absolute Gasteiger partial charge is 0.139 e. The highest BCUT2D eigenvalue weighted by molar-refractivity contribution is 5.85. The summed E-state index contributed by atoms with van der Waals surface area (Å²) in [6, 6.07) is 0. The van der Waals surface area contributed by atoms with Crippen LogP contribution in [0.5, 0.6) is 0 Å². The predicted molar refractivity (Wildman–Crippen MR) is 71.3 cm³/mol. The second kappa shape index (κ2) is 3.59. The van der Waals surface area contributed by atoms with Gasteiger partial charge in [-0.25, -0.2) is 0 Å². The van der Waals surface area contributed by atoms with E-state index in [9.17, 15) is 4.79 Å². The molecular formula is C16H26O2. The lowest BCUT2D eigenvalue weighted by molar-refractivity contribution is -0.170. The molecule has 3 fully saturated rings. The fourth-order valence-corrected chi connectivity index (χ4v) is 5.75. The largest absolute Gasteiger partial charge is 0.375 e. The molecule has 2 heteroatoms. The molecule has 3 aliphatic rings. The third-order valence-corrected chi connectivity index (χ3v) is 6.20. The highest BCUT2D eigenvalue weighted by atomic mass is 16.5. The molecule has 4 atom stereocenters. The average molecular weight is 250 g/mol. The van der Waals surface area contributed by atoms with Gasteiger partial charge in [0.2, 0.25) is 0 Å². The highest BCUT2D eigenvalue weighted by Crippen LogP contribution is 2.63. The number of Topliss-reactive ketones (excluding diaryl/α,β-unsaturated/α-hetero) is 1. The number of hydrogen-bond donors (Lipinski definition) is 0. The zero-order chi connectivity index (χ0) is 13.2. The first-order valence-electron chi connectivity index (χ1n) is 7.46. The van der Waals surface area contributed by atoms with Gasteiger partial charge in [0.1, 0.15) is 5.78 Å². The molecular weight excluding hydrogens is 224 g/mol. The van der Waals surface area contributed by atoms with Crippen LogP contribution in [0.25, 0.3) is 0 Å². The van der Waals surface area contributed by atoms with E-state index in [1.165, 1.54) is 19.3 Å². The Labute approximate surface area is 110 Å². The molecule has 1 heterocycles. The van der Waals surface area contributed by atoms with E-state index in [0.29, 0.717) is 18.1 Å². The summed E-state index contributed by atoms with van der Waals surface area (Å²) in [7, 11) is 0. The molecule has 0 aromatic rings. The van der Waals surface area contributed by atoms with Crippen molar-refractivity contribution in [2.75, 3.05) is 6.61 Å². The van der Waals surface area contributed by atoms with Crippen LogP contribution in [-0.2, 0) is 9.53 Å². The van der Waals surface area contributed by atoms with E-state index in [0.717, 1.165) is 13.0 Å². The normalized spacial score (nSPS) is 50.8. The van der Waals surface area contributed by atoms with Crippen molar-refractivity contribution in [2.45, 2.75) is 65.4 Å². The Bertz CT molecular complexity index is 387. The fourth-order valence-electron chi connectivity index (χ4n) is 5.75. The molecule has 0 N–H and O–H groups in total. The predicted octanol–water partition coefficient (Wildman–Crippen LogP) is 3.59. The van der Waals surface area contributed by atoms with Gasteiger partial charge in [0.25, 0.3) is 0 Å². The van der Waals surface area contributed by atoms with Gasteiger partial charge in [-0.2, -0.15) is 0 Å². The van der Waals surface area contributed by atoms with Crippen LogP contribution < -0.4 is 0 Å². The van der Waals surface area contributed by atoms with Crippen molar-refractivity contribution in [1.29, 1.82) is 0 Å². The van der Waals surface area contributed by atoms with E-state index in [4.69, 9.17) is 4.74 Å². The van der Waals surface area contributed by atoms with Gasteiger partial charge in [-0.3, -0.25) is 4.79 Å². The number of ketones is 1.